The molecule has 0 saturated heterocycles. The lowest BCUT2D eigenvalue weighted by molar-refractivity contribution is -0.487. The Hall–Kier alpha value is -1.74. The lowest BCUT2D eigenvalue weighted by Gasteiger charge is -2.25. The Morgan fingerprint density at radius 3 is 1.47 bits per heavy atom. The molecule has 0 aliphatic carbocycles. The van der Waals surface area contributed by atoms with E-state index in [4.69, 9.17) is 9.94 Å². The number of aliphatic hydroxyl groups is 1. The van der Waals surface area contributed by atoms with Crippen LogP contribution in [-0.2, 0) is 19.3 Å². The normalized spacial score (nSPS) is 11.0. The zero-order valence-electron chi connectivity index (χ0n) is 18.7. The van der Waals surface area contributed by atoms with Gasteiger partial charge in [0.25, 0.3) is 0 Å². The maximum atomic E-state index is 11.7. The molecule has 0 fully saturated rings. The van der Waals surface area contributed by atoms with Gasteiger partial charge in [-0.05, 0) is 31.9 Å². The molecule has 8 nitrogen and oxygen atoms in total. The van der Waals surface area contributed by atoms with E-state index in [2.05, 4.69) is 18.0 Å². The van der Waals surface area contributed by atoms with Crippen LogP contribution in [0.2, 0.25) is 0 Å². The summed E-state index contributed by atoms with van der Waals surface area (Å²) in [6.45, 7) is 10.3. The highest BCUT2D eigenvalue weighted by atomic mass is 17.0. The average Bonchev–Trinajstić information content (AvgIpc) is 2.69. The van der Waals surface area contributed by atoms with Gasteiger partial charge in [0.1, 0.15) is 0 Å². The Balaban J connectivity index is 4.01. The van der Waals surface area contributed by atoms with Gasteiger partial charge in [-0.25, -0.2) is 9.59 Å². The molecule has 0 aromatic carbocycles. The number of unbranched alkanes of at least 4 members (excludes halogenated alkanes) is 11. The summed E-state index contributed by atoms with van der Waals surface area (Å²) >= 11 is 0. The fraction of sp³-hybridized carbons (Fsp3) is 0.727. The minimum absolute atomic E-state index is 0.102. The number of hydrazine groups is 1. The van der Waals surface area contributed by atoms with Gasteiger partial charge < -0.3 is 14.8 Å². The maximum Gasteiger partial charge on any atom is 0.356 e. The number of hydrogen-bond donors (Lipinski definition) is 2. The van der Waals surface area contributed by atoms with Crippen molar-refractivity contribution in [3.05, 3.63) is 24.3 Å². The summed E-state index contributed by atoms with van der Waals surface area (Å²) in [6.07, 6.45) is 13.1. The number of hydroxylamine groups is 1. The molecule has 174 valence electrons. The van der Waals surface area contributed by atoms with Gasteiger partial charge in [0.15, 0.2) is 0 Å². The second-order valence-electron chi connectivity index (χ2n) is 7.61. The van der Waals surface area contributed by atoms with Crippen molar-refractivity contribution in [2.24, 2.45) is 0 Å². The van der Waals surface area contributed by atoms with E-state index in [-0.39, 0.29) is 23.0 Å². The van der Waals surface area contributed by atoms with Crippen molar-refractivity contribution in [1.82, 2.24) is 10.5 Å². The topological polar surface area (TPSA) is 99.5 Å². The number of nitrogens with zero attached hydrogens (tertiary/aromatic N) is 2. The Labute approximate surface area is 181 Å². The second-order valence-corrected chi connectivity index (χ2v) is 7.61. The van der Waals surface area contributed by atoms with E-state index in [1.807, 2.05) is 0 Å². The Kier molecular flexibility index (Phi) is 17.0. The molecule has 0 aromatic heterocycles. The number of hydrogen-bond acceptors (Lipinski definition) is 8. The monoisotopic (exact) mass is 428 g/mol. The molecule has 0 spiro atoms. The highest BCUT2D eigenvalue weighted by Crippen LogP contribution is 2.13. The van der Waals surface area contributed by atoms with Crippen LogP contribution < -0.4 is 0 Å². The van der Waals surface area contributed by atoms with Crippen LogP contribution >= 0.6 is 0 Å². The molecule has 0 rings (SSSR count). The SMILES string of the molecule is C=C(C)C(=O)ON(O)N(CCCCCCCCCCCCCCO)OC(=O)C(=C)C. The highest BCUT2D eigenvalue weighted by Gasteiger charge is 2.23. The van der Waals surface area contributed by atoms with Crippen LogP contribution in [-0.4, -0.2) is 45.9 Å². The third-order valence-corrected chi connectivity index (χ3v) is 4.50. The van der Waals surface area contributed by atoms with E-state index in [1.165, 1.54) is 52.4 Å². The van der Waals surface area contributed by atoms with Gasteiger partial charge >= 0.3 is 11.9 Å². The number of rotatable bonds is 19. The van der Waals surface area contributed by atoms with Crippen LogP contribution in [0.1, 0.15) is 90.9 Å². The standard InChI is InChI=1S/C22H40N2O6/c1-19(2)21(26)29-23(24(28)30-22(27)20(3)4)17-15-13-11-9-7-5-6-8-10-12-14-16-18-25/h25,28H,1,3,5-18H2,2,4H3. The Bertz CT molecular complexity index is 524. The third-order valence-electron chi connectivity index (χ3n) is 4.50. The Morgan fingerprint density at radius 2 is 1.07 bits per heavy atom. The summed E-state index contributed by atoms with van der Waals surface area (Å²) < 4.78 is 0. The number of carbonyl (C=O) groups excluding carboxylic acids is 2. The Morgan fingerprint density at radius 1 is 0.700 bits per heavy atom. The first-order chi connectivity index (χ1) is 14.3. The zero-order chi connectivity index (χ0) is 22.8. The minimum Gasteiger partial charge on any atom is -0.396 e. The van der Waals surface area contributed by atoms with Crippen LogP contribution in [0.15, 0.2) is 24.3 Å². The van der Waals surface area contributed by atoms with Gasteiger partial charge in [-0.2, -0.15) is 0 Å². The minimum atomic E-state index is -0.831. The average molecular weight is 429 g/mol. The summed E-state index contributed by atoms with van der Waals surface area (Å²) in [5.41, 5.74) is 0.262. The summed E-state index contributed by atoms with van der Waals surface area (Å²) in [5, 5.41) is 19.6. The molecule has 0 aliphatic heterocycles. The third kappa shape index (κ3) is 15.1. The van der Waals surface area contributed by atoms with Crippen molar-refractivity contribution < 1.29 is 29.6 Å². The van der Waals surface area contributed by atoms with Crippen LogP contribution in [0.3, 0.4) is 0 Å². The van der Waals surface area contributed by atoms with Crippen molar-refractivity contribution in [3.63, 3.8) is 0 Å². The van der Waals surface area contributed by atoms with Crippen molar-refractivity contribution >= 4 is 11.9 Å². The molecular weight excluding hydrogens is 388 g/mol. The number of aliphatic hydroxyl groups excluding tert-OH is 1. The summed E-state index contributed by atoms with van der Waals surface area (Å²) in [5.74, 6) is -1.56. The van der Waals surface area contributed by atoms with Gasteiger partial charge in [-0.15, -0.1) is 0 Å². The molecular formula is C22H40N2O6. The van der Waals surface area contributed by atoms with E-state index >= 15 is 0 Å². The van der Waals surface area contributed by atoms with E-state index in [1.54, 1.807) is 0 Å². The molecule has 0 heterocycles. The van der Waals surface area contributed by atoms with Crippen LogP contribution in [0.5, 0.6) is 0 Å². The first-order valence-corrected chi connectivity index (χ1v) is 10.9. The highest BCUT2D eigenvalue weighted by molar-refractivity contribution is 5.87. The van der Waals surface area contributed by atoms with Gasteiger partial charge in [-0.3, -0.25) is 5.21 Å². The fourth-order valence-electron chi connectivity index (χ4n) is 2.66. The number of carbonyl (C=O) groups is 2. The molecule has 30 heavy (non-hydrogen) atoms. The molecule has 0 aromatic rings. The summed E-state index contributed by atoms with van der Waals surface area (Å²) in [6, 6.07) is 0. The van der Waals surface area contributed by atoms with Crippen LogP contribution in [0.25, 0.3) is 0 Å². The van der Waals surface area contributed by atoms with Crippen LogP contribution in [0, 0.1) is 0 Å². The maximum absolute atomic E-state index is 11.7. The quantitative estimate of drug-likeness (QED) is 0.174. The molecule has 0 amide bonds. The lowest BCUT2D eigenvalue weighted by atomic mass is 10.1. The van der Waals surface area contributed by atoms with E-state index in [0.29, 0.717) is 13.0 Å². The predicted octanol–water partition coefficient (Wildman–Crippen LogP) is 4.64. The van der Waals surface area contributed by atoms with Gasteiger partial charge in [0, 0.05) is 17.8 Å². The molecule has 0 atom stereocenters. The van der Waals surface area contributed by atoms with E-state index in [9.17, 15) is 14.8 Å². The first-order valence-electron chi connectivity index (χ1n) is 10.9. The molecule has 2 N–H and O–H groups in total. The van der Waals surface area contributed by atoms with E-state index < -0.39 is 11.9 Å². The largest absolute Gasteiger partial charge is 0.396 e. The van der Waals surface area contributed by atoms with Crippen LogP contribution in [0.4, 0.5) is 0 Å². The molecule has 8 heteroatoms. The smallest absolute Gasteiger partial charge is 0.356 e. The second kappa shape index (κ2) is 18.1. The van der Waals surface area contributed by atoms with Gasteiger partial charge in [0.2, 0.25) is 0 Å². The summed E-state index contributed by atoms with van der Waals surface area (Å²) in [7, 11) is 0. The summed E-state index contributed by atoms with van der Waals surface area (Å²) in [4.78, 5) is 33.0. The van der Waals surface area contributed by atoms with Crippen molar-refractivity contribution in [2.45, 2.75) is 90.9 Å². The molecule has 0 radical (unpaired) electrons. The molecule has 0 bridgehead atoms. The lowest BCUT2D eigenvalue weighted by Crippen LogP contribution is -2.43. The fourth-order valence-corrected chi connectivity index (χ4v) is 2.66. The predicted molar refractivity (Wildman–Crippen MR) is 115 cm³/mol. The molecule has 0 unspecified atom stereocenters. The molecule has 0 saturated carbocycles. The zero-order valence-corrected chi connectivity index (χ0v) is 18.7. The van der Waals surface area contributed by atoms with E-state index in [0.717, 1.165) is 37.3 Å². The molecule has 0 aliphatic rings. The first kappa shape index (κ1) is 28.3. The van der Waals surface area contributed by atoms with Crippen molar-refractivity contribution in [2.75, 3.05) is 13.2 Å². The van der Waals surface area contributed by atoms with Crippen molar-refractivity contribution in [1.29, 1.82) is 0 Å². The van der Waals surface area contributed by atoms with Gasteiger partial charge in [0.05, 0.1) is 11.9 Å². The van der Waals surface area contributed by atoms with Gasteiger partial charge in [-0.1, -0.05) is 77.4 Å². The van der Waals surface area contributed by atoms with Crippen molar-refractivity contribution in [3.8, 4) is 0 Å².